The van der Waals surface area contributed by atoms with Gasteiger partial charge < -0.3 is 15.0 Å². The van der Waals surface area contributed by atoms with Crippen molar-refractivity contribution in [3.8, 4) is 5.75 Å². The van der Waals surface area contributed by atoms with E-state index >= 15 is 0 Å². The quantitative estimate of drug-likeness (QED) is 0.354. The lowest BCUT2D eigenvalue weighted by molar-refractivity contribution is -0.139. The maximum absolute atomic E-state index is 13.8. The number of benzene rings is 3. The van der Waals surface area contributed by atoms with Crippen LogP contribution in [-0.2, 0) is 26.2 Å². The number of nitrogens with one attached hydrogen (secondary N) is 1. The van der Waals surface area contributed by atoms with Crippen LogP contribution in [0.2, 0.25) is 5.02 Å². The summed E-state index contributed by atoms with van der Waals surface area (Å²) in [6.45, 7) is 5.57. The fraction of sp³-hybridized carbons (Fsp3) is 0.286. The Kier molecular flexibility index (Phi) is 10.2. The van der Waals surface area contributed by atoms with Crippen LogP contribution in [0, 0.1) is 0 Å². The molecule has 0 aliphatic carbocycles. The Hall–Kier alpha value is -3.56. The average Bonchev–Trinajstić information content (AvgIpc) is 2.92. The van der Waals surface area contributed by atoms with Gasteiger partial charge >= 0.3 is 0 Å². The van der Waals surface area contributed by atoms with E-state index in [0.717, 1.165) is 4.31 Å². The Morgan fingerprint density at radius 3 is 2.18 bits per heavy atom. The van der Waals surface area contributed by atoms with Gasteiger partial charge in [0.2, 0.25) is 11.8 Å². The van der Waals surface area contributed by atoms with Crippen molar-refractivity contribution in [2.45, 2.75) is 38.3 Å². The third-order valence-electron chi connectivity index (χ3n) is 5.86. The summed E-state index contributed by atoms with van der Waals surface area (Å²) in [6.07, 6.45) is 0. The van der Waals surface area contributed by atoms with Crippen LogP contribution in [-0.4, -0.2) is 50.9 Å². The zero-order valence-electron chi connectivity index (χ0n) is 21.6. The van der Waals surface area contributed by atoms with E-state index < -0.39 is 28.5 Å². The summed E-state index contributed by atoms with van der Waals surface area (Å²) in [7, 11) is -4.15. The molecule has 0 aliphatic rings. The molecule has 0 spiro atoms. The highest BCUT2D eigenvalue weighted by molar-refractivity contribution is 7.92. The van der Waals surface area contributed by atoms with E-state index in [2.05, 4.69) is 5.32 Å². The van der Waals surface area contributed by atoms with Gasteiger partial charge in [-0.15, -0.1) is 0 Å². The van der Waals surface area contributed by atoms with Crippen LogP contribution in [0.15, 0.2) is 83.8 Å². The predicted octanol–water partition coefficient (Wildman–Crippen LogP) is 4.49. The second-order valence-electron chi connectivity index (χ2n) is 8.44. The number of nitrogens with zero attached hydrogens (tertiary/aromatic N) is 2. The highest BCUT2D eigenvalue weighted by Crippen LogP contribution is 2.26. The molecule has 8 nitrogen and oxygen atoms in total. The fourth-order valence-corrected chi connectivity index (χ4v) is 5.45. The minimum atomic E-state index is -4.15. The van der Waals surface area contributed by atoms with E-state index in [1.807, 2.05) is 6.92 Å². The first-order valence-corrected chi connectivity index (χ1v) is 14.1. The molecule has 0 saturated carbocycles. The van der Waals surface area contributed by atoms with Gasteiger partial charge in [-0.05, 0) is 68.8 Å². The van der Waals surface area contributed by atoms with Crippen LogP contribution in [0.5, 0.6) is 5.75 Å². The number of sulfonamides is 1. The third-order valence-corrected chi connectivity index (χ3v) is 8.02. The number of carbonyl (C=O) groups excluding carboxylic acids is 2. The molecule has 0 fully saturated rings. The van der Waals surface area contributed by atoms with Crippen molar-refractivity contribution < 1.29 is 22.7 Å². The van der Waals surface area contributed by atoms with Gasteiger partial charge in [-0.3, -0.25) is 13.9 Å². The smallest absolute Gasteiger partial charge is 0.264 e. The standard InChI is InChI=1S/C28H32ClN3O5S/c1-4-30-28(34)21(3)31(19-22-11-9-10-14-26(22)29)27(33)20-32(23-12-7-6-8-13-23)38(35,36)25-17-15-24(16-18-25)37-5-2/h6-18,21H,4-5,19-20H2,1-3H3,(H,30,34)/t21-/m1/s1. The molecule has 0 aliphatic heterocycles. The van der Waals surface area contributed by atoms with E-state index in [1.165, 1.54) is 17.0 Å². The lowest BCUT2D eigenvalue weighted by Gasteiger charge is -2.32. The Balaban J connectivity index is 2.00. The number of anilines is 1. The number of para-hydroxylation sites is 1. The molecule has 0 bridgehead atoms. The number of ether oxygens (including phenoxy) is 1. The molecule has 0 saturated heterocycles. The first-order valence-electron chi connectivity index (χ1n) is 12.3. The van der Waals surface area contributed by atoms with E-state index in [-0.39, 0.29) is 17.3 Å². The number of rotatable bonds is 12. The molecule has 2 amide bonds. The van der Waals surface area contributed by atoms with E-state index in [1.54, 1.807) is 80.6 Å². The van der Waals surface area contributed by atoms with Gasteiger partial charge in [0.25, 0.3) is 10.0 Å². The molecule has 0 unspecified atom stereocenters. The Morgan fingerprint density at radius 2 is 1.58 bits per heavy atom. The topological polar surface area (TPSA) is 96.0 Å². The monoisotopic (exact) mass is 557 g/mol. The first kappa shape index (κ1) is 29.0. The second-order valence-corrected chi connectivity index (χ2v) is 10.7. The molecule has 3 rings (SSSR count). The average molecular weight is 558 g/mol. The summed E-state index contributed by atoms with van der Waals surface area (Å²) in [5.41, 5.74) is 0.956. The molecule has 1 N–H and O–H groups in total. The van der Waals surface area contributed by atoms with Crippen molar-refractivity contribution >= 4 is 39.1 Å². The van der Waals surface area contributed by atoms with Crippen molar-refractivity contribution in [2.75, 3.05) is 24.0 Å². The van der Waals surface area contributed by atoms with Crippen LogP contribution in [0.25, 0.3) is 0 Å². The molecule has 0 heterocycles. The molecule has 38 heavy (non-hydrogen) atoms. The summed E-state index contributed by atoms with van der Waals surface area (Å²) in [5, 5.41) is 3.17. The molecule has 10 heteroatoms. The molecule has 0 radical (unpaired) electrons. The van der Waals surface area contributed by atoms with E-state index in [9.17, 15) is 18.0 Å². The maximum Gasteiger partial charge on any atom is 0.264 e. The Labute approximate surface area is 229 Å². The lowest BCUT2D eigenvalue weighted by atomic mass is 10.1. The highest BCUT2D eigenvalue weighted by Gasteiger charge is 2.32. The fourth-order valence-electron chi connectivity index (χ4n) is 3.84. The lowest BCUT2D eigenvalue weighted by Crippen LogP contribution is -2.51. The van der Waals surface area contributed by atoms with Gasteiger partial charge in [-0.2, -0.15) is 0 Å². The number of hydrogen-bond acceptors (Lipinski definition) is 5. The Bertz CT molecular complexity index is 1330. The van der Waals surface area contributed by atoms with Gasteiger partial charge in [0.15, 0.2) is 0 Å². The van der Waals surface area contributed by atoms with Gasteiger partial charge in [0.05, 0.1) is 17.2 Å². The molecule has 202 valence electrons. The van der Waals surface area contributed by atoms with E-state index in [0.29, 0.717) is 35.2 Å². The molecule has 0 aromatic heterocycles. The summed E-state index contributed by atoms with van der Waals surface area (Å²) in [6, 6.07) is 20.6. The number of likely N-dealkylation sites (N-methyl/N-ethyl adjacent to an activating group) is 1. The van der Waals surface area contributed by atoms with Gasteiger partial charge in [-0.1, -0.05) is 48.0 Å². The van der Waals surface area contributed by atoms with E-state index in [4.69, 9.17) is 16.3 Å². The highest BCUT2D eigenvalue weighted by atomic mass is 35.5. The normalized spacial score (nSPS) is 11.9. The summed E-state index contributed by atoms with van der Waals surface area (Å²) in [5.74, 6) is -0.369. The maximum atomic E-state index is 13.8. The summed E-state index contributed by atoms with van der Waals surface area (Å²) < 4.78 is 34.1. The van der Waals surface area contributed by atoms with Crippen LogP contribution in [0.3, 0.4) is 0 Å². The molecule has 1 atom stereocenters. The number of hydrogen-bond donors (Lipinski definition) is 1. The molecular weight excluding hydrogens is 526 g/mol. The molecular formula is C28H32ClN3O5S. The first-order chi connectivity index (χ1) is 18.2. The molecule has 3 aromatic carbocycles. The van der Waals surface area contributed by atoms with Crippen LogP contribution in [0.1, 0.15) is 26.3 Å². The van der Waals surface area contributed by atoms with Crippen LogP contribution >= 0.6 is 11.6 Å². The van der Waals surface area contributed by atoms with Crippen LogP contribution in [0.4, 0.5) is 5.69 Å². The van der Waals surface area contributed by atoms with Crippen molar-refractivity contribution in [3.63, 3.8) is 0 Å². The minimum absolute atomic E-state index is 0.00651. The van der Waals surface area contributed by atoms with Crippen LogP contribution < -0.4 is 14.4 Å². The number of carbonyl (C=O) groups is 2. The van der Waals surface area contributed by atoms with Gasteiger partial charge in [-0.25, -0.2) is 8.42 Å². The number of amides is 2. The predicted molar refractivity (Wildman–Crippen MR) is 149 cm³/mol. The summed E-state index contributed by atoms with van der Waals surface area (Å²) in [4.78, 5) is 27.9. The number of halogens is 1. The minimum Gasteiger partial charge on any atom is -0.494 e. The Morgan fingerprint density at radius 1 is 0.947 bits per heavy atom. The van der Waals surface area contributed by atoms with Gasteiger partial charge in [0, 0.05) is 18.1 Å². The largest absolute Gasteiger partial charge is 0.494 e. The zero-order valence-corrected chi connectivity index (χ0v) is 23.2. The van der Waals surface area contributed by atoms with Crippen molar-refractivity contribution in [1.82, 2.24) is 10.2 Å². The van der Waals surface area contributed by atoms with Crippen molar-refractivity contribution in [1.29, 1.82) is 0 Å². The van der Waals surface area contributed by atoms with Crippen molar-refractivity contribution in [3.05, 3.63) is 89.4 Å². The second kappa shape index (κ2) is 13.3. The SMILES string of the molecule is CCNC(=O)[C@@H](C)N(Cc1ccccc1Cl)C(=O)CN(c1ccccc1)S(=O)(=O)c1ccc(OCC)cc1. The zero-order chi connectivity index (χ0) is 27.7. The summed E-state index contributed by atoms with van der Waals surface area (Å²) >= 11 is 6.35. The van der Waals surface area contributed by atoms with Gasteiger partial charge in [0.1, 0.15) is 18.3 Å². The molecule has 3 aromatic rings. The van der Waals surface area contributed by atoms with Crippen molar-refractivity contribution in [2.24, 2.45) is 0 Å². The third kappa shape index (κ3) is 7.05.